The number of amides is 2. The van der Waals surface area contributed by atoms with E-state index in [9.17, 15) is 18.0 Å². The third-order valence-corrected chi connectivity index (χ3v) is 8.44. The second-order valence-electron chi connectivity index (χ2n) is 12.9. The lowest BCUT2D eigenvalue weighted by atomic mass is 9.83. The number of carbonyl (C=O) groups excluding carboxylic acids is 2. The van der Waals surface area contributed by atoms with Crippen molar-refractivity contribution in [2.75, 3.05) is 27.2 Å². The summed E-state index contributed by atoms with van der Waals surface area (Å²) >= 11 is 0. The monoisotopic (exact) mass is 597 g/mol. The molecule has 2 aromatic carbocycles. The van der Waals surface area contributed by atoms with Crippen molar-refractivity contribution in [2.24, 2.45) is 0 Å². The molecule has 0 bridgehead atoms. The Hall–Kier alpha value is -3.17. The van der Waals surface area contributed by atoms with Crippen molar-refractivity contribution in [2.45, 2.75) is 90.2 Å². The predicted molar refractivity (Wildman–Crippen MR) is 168 cm³/mol. The smallest absolute Gasteiger partial charge is 0.410 e. The summed E-state index contributed by atoms with van der Waals surface area (Å²) in [5.41, 5.74) is 5.28. The van der Waals surface area contributed by atoms with Gasteiger partial charge in [0.25, 0.3) is 10.0 Å². The molecule has 2 amide bonds. The standard InChI is InChI=1S/C33H47N3O5S/c1-22(2)28-17-26(25-11-10-16-36(21-25)32(38)41-33(5,6)7)18-29(23(3)4)30(28)19-31(37)34-42(39,40)27-14-12-24(13-15-27)20-35(8)9/h11-15,17-18,22-23H,10,16,19-21H2,1-9H3,(H,34,37). The van der Waals surface area contributed by atoms with Crippen LogP contribution in [-0.4, -0.2) is 63.0 Å². The van der Waals surface area contributed by atoms with Crippen molar-refractivity contribution in [3.8, 4) is 0 Å². The third kappa shape index (κ3) is 8.91. The van der Waals surface area contributed by atoms with Crippen LogP contribution < -0.4 is 4.72 Å². The van der Waals surface area contributed by atoms with E-state index in [0.717, 1.165) is 39.8 Å². The normalized spacial score (nSPS) is 14.4. The Labute approximate surface area is 252 Å². The van der Waals surface area contributed by atoms with Crippen LogP contribution in [0.1, 0.15) is 94.5 Å². The first-order chi connectivity index (χ1) is 19.5. The summed E-state index contributed by atoms with van der Waals surface area (Å²) in [4.78, 5) is 29.8. The first-order valence-corrected chi connectivity index (χ1v) is 16.1. The molecule has 0 saturated carbocycles. The Morgan fingerprint density at radius 3 is 2.07 bits per heavy atom. The number of nitrogens with one attached hydrogen (secondary N) is 1. The van der Waals surface area contributed by atoms with Crippen LogP contribution in [0.3, 0.4) is 0 Å². The van der Waals surface area contributed by atoms with Crippen molar-refractivity contribution in [3.05, 3.63) is 70.3 Å². The minimum absolute atomic E-state index is 0.0532. The van der Waals surface area contributed by atoms with Crippen LogP contribution in [0.4, 0.5) is 4.79 Å². The Morgan fingerprint density at radius 2 is 1.57 bits per heavy atom. The molecule has 1 aliphatic rings. The molecule has 0 aromatic heterocycles. The van der Waals surface area contributed by atoms with Gasteiger partial charge in [0.2, 0.25) is 5.91 Å². The molecule has 3 rings (SSSR count). The zero-order chi connectivity index (χ0) is 31.4. The molecule has 8 nitrogen and oxygen atoms in total. The van der Waals surface area contributed by atoms with E-state index >= 15 is 0 Å². The van der Waals surface area contributed by atoms with Crippen molar-refractivity contribution in [1.82, 2.24) is 14.5 Å². The fourth-order valence-corrected chi connectivity index (χ4v) is 6.10. The molecule has 1 aliphatic heterocycles. The minimum atomic E-state index is -4.02. The number of ether oxygens (including phenoxy) is 1. The van der Waals surface area contributed by atoms with Crippen LogP contribution in [0, 0.1) is 0 Å². The topological polar surface area (TPSA) is 96.0 Å². The van der Waals surface area contributed by atoms with E-state index in [4.69, 9.17) is 4.74 Å². The molecule has 2 aromatic rings. The molecular formula is C33H47N3O5S. The van der Waals surface area contributed by atoms with E-state index in [2.05, 4.69) is 50.6 Å². The molecule has 0 atom stereocenters. The first kappa shape index (κ1) is 33.3. The average molecular weight is 598 g/mol. The van der Waals surface area contributed by atoms with Crippen LogP contribution in [0.25, 0.3) is 5.57 Å². The third-order valence-electron chi connectivity index (χ3n) is 7.05. The van der Waals surface area contributed by atoms with E-state index < -0.39 is 21.5 Å². The molecule has 0 unspecified atom stereocenters. The molecule has 0 fully saturated rings. The highest BCUT2D eigenvalue weighted by atomic mass is 32.2. The molecule has 0 radical (unpaired) electrons. The van der Waals surface area contributed by atoms with E-state index in [1.54, 1.807) is 17.0 Å². The molecule has 230 valence electrons. The fourth-order valence-electron chi connectivity index (χ4n) is 5.12. The number of hydrogen-bond donors (Lipinski definition) is 1. The summed E-state index contributed by atoms with van der Waals surface area (Å²) in [7, 11) is -0.128. The molecule has 0 aliphatic carbocycles. The largest absolute Gasteiger partial charge is 0.444 e. The maximum absolute atomic E-state index is 13.2. The van der Waals surface area contributed by atoms with E-state index in [1.165, 1.54) is 12.1 Å². The number of carbonyl (C=O) groups is 2. The van der Waals surface area contributed by atoms with Gasteiger partial charge in [0, 0.05) is 19.6 Å². The second-order valence-corrected chi connectivity index (χ2v) is 14.6. The van der Waals surface area contributed by atoms with Gasteiger partial charge in [0.1, 0.15) is 5.60 Å². The van der Waals surface area contributed by atoms with Crippen molar-refractivity contribution >= 4 is 27.6 Å². The van der Waals surface area contributed by atoms with Gasteiger partial charge in [-0.15, -0.1) is 0 Å². The van der Waals surface area contributed by atoms with Gasteiger partial charge >= 0.3 is 6.09 Å². The van der Waals surface area contributed by atoms with Crippen molar-refractivity contribution < 1.29 is 22.7 Å². The Kier molecular flexibility index (Phi) is 10.7. The van der Waals surface area contributed by atoms with E-state index in [1.807, 2.05) is 39.8 Å². The molecule has 1 heterocycles. The number of nitrogens with zero attached hydrogens (tertiary/aromatic N) is 2. The highest BCUT2D eigenvalue weighted by Gasteiger charge is 2.27. The Morgan fingerprint density at radius 1 is 1.00 bits per heavy atom. The number of hydrogen-bond acceptors (Lipinski definition) is 6. The maximum Gasteiger partial charge on any atom is 0.410 e. The summed E-state index contributed by atoms with van der Waals surface area (Å²) in [6, 6.07) is 10.7. The van der Waals surface area contributed by atoms with Gasteiger partial charge in [-0.2, -0.15) is 0 Å². The van der Waals surface area contributed by atoms with Gasteiger partial charge in [0.15, 0.2) is 0 Å². The van der Waals surface area contributed by atoms with Gasteiger partial charge in [-0.3, -0.25) is 4.79 Å². The van der Waals surface area contributed by atoms with Gasteiger partial charge < -0.3 is 14.5 Å². The van der Waals surface area contributed by atoms with E-state index in [-0.39, 0.29) is 29.2 Å². The minimum Gasteiger partial charge on any atom is -0.444 e. The summed E-state index contributed by atoms with van der Waals surface area (Å²) in [5, 5.41) is 0. The van der Waals surface area contributed by atoms with Gasteiger partial charge in [0.05, 0.1) is 11.3 Å². The fraction of sp³-hybridized carbons (Fsp3) is 0.515. The highest BCUT2D eigenvalue weighted by Crippen LogP contribution is 2.34. The van der Waals surface area contributed by atoms with Crippen LogP contribution in [0.15, 0.2) is 47.4 Å². The van der Waals surface area contributed by atoms with Crippen LogP contribution >= 0.6 is 0 Å². The Balaban J connectivity index is 1.87. The van der Waals surface area contributed by atoms with Crippen molar-refractivity contribution in [1.29, 1.82) is 0 Å². The van der Waals surface area contributed by atoms with Gasteiger partial charge in [-0.1, -0.05) is 58.0 Å². The average Bonchev–Trinajstić information content (AvgIpc) is 2.87. The first-order valence-electron chi connectivity index (χ1n) is 14.6. The SMILES string of the molecule is CC(C)c1cc(C2=CCCN(C(=O)OC(C)(C)C)C2)cc(C(C)C)c1CC(=O)NS(=O)(=O)c1ccc(CN(C)C)cc1. The van der Waals surface area contributed by atoms with Crippen LogP contribution in [-0.2, 0) is 32.5 Å². The van der Waals surface area contributed by atoms with Crippen molar-refractivity contribution in [3.63, 3.8) is 0 Å². The molecule has 1 N–H and O–H groups in total. The summed E-state index contributed by atoms with van der Waals surface area (Å²) < 4.78 is 34.0. The molecule has 42 heavy (non-hydrogen) atoms. The molecule has 0 saturated heterocycles. The highest BCUT2D eigenvalue weighted by molar-refractivity contribution is 7.90. The summed E-state index contributed by atoms with van der Waals surface area (Å²) in [6.45, 7) is 15.6. The molecule has 9 heteroatoms. The predicted octanol–water partition coefficient (Wildman–Crippen LogP) is 6.07. The van der Waals surface area contributed by atoms with Crippen LogP contribution in [0.5, 0.6) is 0 Å². The summed E-state index contributed by atoms with van der Waals surface area (Å²) in [6.07, 6.45) is 2.50. The number of benzene rings is 2. The lowest BCUT2D eigenvalue weighted by Crippen LogP contribution is -2.39. The lowest BCUT2D eigenvalue weighted by Gasteiger charge is -2.31. The van der Waals surface area contributed by atoms with Gasteiger partial charge in [-0.05, 0) is 98.6 Å². The maximum atomic E-state index is 13.2. The number of sulfonamides is 1. The quantitative estimate of drug-likeness (QED) is 0.377. The second kappa shape index (κ2) is 13.4. The van der Waals surface area contributed by atoms with Crippen LogP contribution in [0.2, 0.25) is 0 Å². The Bertz CT molecular complexity index is 1390. The number of rotatable bonds is 9. The zero-order valence-electron chi connectivity index (χ0n) is 26.6. The lowest BCUT2D eigenvalue weighted by molar-refractivity contribution is -0.118. The van der Waals surface area contributed by atoms with Gasteiger partial charge in [-0.25, -0.2) is 17.9 Å². The zero-order valence-corrected chi connectivity index (χ0v) is 27.4. The summed E-state index contributed by atoms with van der Waals surface area (Å²) in [5.74, 6) is -0.383. The van der Waals surface area contributed by atoms with E-state index in [0.29, 0.717) is 19.6 Å². The molecular weight excluding hydrogens is 550 g/mol. The molecule has 0 spiro atoms.